The summed E-state index contributed by atoms with van der Waals surface area (Å²) < 4.78 is 10.9. The van der Waals surface area contributed by atoms with Gasteiger partial charge in [0, 0.05) is 12.6 Å². The van der Waals surface area contributed by atoms with E-state index in [1.54, 1.807) is 7.05 Å². The smallest absolute Gasteiger partial charge is 0.260 e. The Labute approximate surface area is 152 Å². The van der Waals surface area contributed by atoms with Crippen LogP contribution in [-0.2, 0) is 11.3 Å². The molecule has 0 spiro atoms. The molecule has 0 fully saturated rings. The summed E-state index contributed by atoms with van der Waals surface area (Å²) in [6, 6.07) is 15.3. The number of amides is 1. The van der Waals surface area contributed by atoms with Gasteiger partial charge in [0.25, 0.3) is 5.91 Å². The van der Waals surface area contributed by atoms with Crippen LogP contribution < -0.4 is 4.74 Å². The van der Waals surface area contributed by atoms with Crippen molar-refractivity contribution >= 4 is 5.91 Å². The van der Waals surface area contributed by atoms with E-state index in [0.29, 0.717) is 11.7 Å². The molecule has 1 aromatic heterocycles. The van der Waals surface area contributed by atoms with Crippen molar-refractivity contribution in [3.63, 3.8) is 0 Å². The topological polar surface area (TPSA) is 68.5 Å². The molecule has 1 heterocycles. The summed E-state index contributed by atoms with van der Waals surface area (Å²) in [5.74, 6) is 1.45. The molecular weight excluding hydrogens is 330 g/mol. The van der Waals surface area contributed by atoms with Gasteiger partial charge in [-0.05, 0) is 31.0 Å². The monoisotopic (exact) mass is 351 g/mol. The molecule has 3 aromatic rings. The number of rotatable bonds is 6. The molecule has 0 aliphatic heterocycles. The van der Waals surface area contributed by atoms with E-state index in [9.17, 15) is 4.79 Å². The molecule has 3 rings (SSSR count). The first-order chi connectivity index (χ1) is 12.5. The lowest BCUT2D eigenvalue weighted by atomic mass is 10.1. The molecule has 0 aliphatic rings. The van der Waals surface area contributed by atoms with Crippen LogP contribution in [0.4, 0.5) is 0 Å². The van der Waals surface area contributed by atoms with Gasteiger partial charge >= 0.3 is 0 Å². The van der Waals surface area contributed by atoms with E-state index in [4.69, 9.17) is 9.26 Å². The zero-order valence-electron chi connectivity index (χ0n) is 15.1. The fourth-order valence-corrected chi connectivity index (χ4v) is 2.44. The zero-order chi connectivity index (χ0) is 18.5. The van der Waals surface area contributed by atoms with Crippen LogP contribution in [0.3, 0.4) is 0 Å². The average Bonchev–Trinajstić information content (AvgIpc) is 3.12. The Morgan fingerprint density at radius 2 is 1.88 bits per heavy atom. The van der Waals surface area contributed by atoms with Gasteiger partial charge in [0.15, 0.2) is 6.61 Å². The van der Waals surface area contributed by atoms with Crippen molar-refractivity contribution in [1.82, 2.24) is 15.0 Å². The van der Waals surface area contributed by atoms with E-state index < -0.39 is 0 Å². The Hall–Kier alpha value is -3.15. The molecule has 0 atom stereocenters. The molecule has 0 aliphatic carbocycles. The van der Waals surface area contributed by atoms with E-state index in [0.717, 1.165) is 22.4 Å². The summed E-state index contributed by atoms with van der Waals surface area (Å²) in [5, 5.41) is 3.96. The Morgan fingerprint density at radius 3 is 2.65 bits per heavy atom. The third kappa shape index (κ3) is 4.08. The van der Waals surface area contributed by atoms with Crippen molar-refractivity contribution in [2.75, 3.05) is 13.7 Å². The van der Waals surface area contributed by atoms with Gasteiger partial charge in [-0.25, -0.2) is 0 Å². The molecule has 0 radical (unpaired) electrons. The first kappa shape index (κ1) is 17.7. The zero-order valence-corrected chi connectivity index (χ0v) is 15.1. The average molecular weight is 351 g/mol. The van der Waals surface area contributed by atoms with Gasteiger partial charge in [0.05, 0.1) is 6.54 Å². The summed E-state index contributed by atoms with van der Waals surface area (Å²) in [7, 11) is 1.68. The molecule has 0 unspecified atom stereocenters. The fraction of sp³-hybridized carbons (Fsp3) is 0.250. The van der Waals surface area contributed by atoms with E-state index in [2.05, 4.69) is 10.1 Å². The summed E-state index contributed by atoms with van der Waals surface area (Å²) in [6.45, 7) is 4.17. The predicted molar refractivity (Wildman–Crippen MR) is 97.6 cm³/mol. The van der Waals surface area contributed by atoms with Crippen molar-refractivity contribution in [2.24, 2.45) is 0 Å². The standard InChI is InChI=1S/C20H21N3O3/c1-14-8-7-11-17(15(14)2)25-13-19(24)23(3)12-18-21-20(22-26-18)16-9-5-4-6-10-16/h4-11H,12-13H2,1-3H3. The fourth-order valence-electron chi connectivity index (χ4n) is 2.44. The number of carbonyl (C=O) groups excluding carboxylic acids is 1. The lowest BCUT2D eigenvalue weighted by Crippen LogP contribution is -2.31. The van der Waals surface area contributed by atoms with Gasteiger partial charge in [-0.1, -0.05) is 47.6 Å². The number of ether oxygens (including phenoxy) is 1. The Morgan fingerprint density at radius 1 is 1.12 bits per heavy atom. The van der Waals surface area contributed by atoms with Crippen LogP contribution in [0.5, 0.6) is 5.75 Å². The highest BCUT2D eigenvalue weighted by Crippen LogP contribution is 2.20. The van der Waals surface area contributed by atoms with Crippen LogP contribution in [-0.4, -0.2) is 34.6 Å². The van der Waals surface area contributed by atoms with Crippen LogP contribution in [0.15, 0.2) is 53.1 Å². The Bertz CT molecular complexity index is 890. The van der Waals surface area contributed by atoms with Crippen LogP contribution in [0.25, 0.3) is 11.4 Å². The SMILES string of the molecule is Cc1cccc(OCC(=O)N(C)Cc2nc(-c3ccccc3)no2)c1C. The minimum atomic E-state index is -0.162. The van der Waals surface area contributed by atoms with Gasteiger partial charge in [-0.15, -0.1) is 0 Å². The van der Waals surface area contributed by atoms with Crippen molar-refractivity contribution in [1.29, 1.82) is 0 Å². The summed E-state index contributed by atoms with van der Waals surface area (Å²) in [5.41, 5.74) is 3.03. The van der Waals surface area contributed by atoms with E-state index in [1.807, 2.05) is 62.4 Å². The van der Waals surface area contributed by atoms with E-state index >= 15 is 0 Å². The van der Waals surface area contributed by atoms with Crippen molar-refractivity contribution in [2.45, 2.75) is 20.4 Å². The summed E-state index contributed by atoms with van der Waals surface area (Å²) in [6.07, 6.45) is 0. The third-order valence-electron chi connectivity index (χ3n) is 4.20. The second-order valence-electron chi connectivity index (χ2n) is 6.11. The largest absolute Gasteiger partial charge is 0.483 e. The number of likely N-dealkylation sites (N-methyl/N-ethyl adjacent to an activating group) is 1. The number of aromatic nitrogens is 2. The number of carbonyl (C=O) groups is 1. The first-order valence-corrected chi connectivity index (χ1v) is 8.35. The highest BCUT2D eigenvalue weighted by Gasteiger charge is 2.15. The molecule has 0 bridgehead atoms. The summed E-state index contributed by atoms with van der Waals surface area (Å²) in [4.78, 5) is 18.1. The van der Waals surface area contributed by atoms with Crippen LogP contribution in [0.1, 0.15) is 17.0 Å². The second-order valence-corrected chi connectivity index (χ2v) is 6.11. The van der Waals surface area contributed by atoms with E-state index in [-0.39, 0.29) is 19.1 Å². The Kier molecular flexibility index (Phi) is 5.31. The van der Waals surface area contributed by atoms with Gasteiger partial charge in [-0.3, -0.25) is 4.79 Å². The highest BCUT2D eigenvalue weighted by atomic mass is 16.5. The number of benzene rings is 2. The maximum Gasteiger partial charge on any atom is 0.260 e. The minimum Gasteiger partial charge on any atom is -0.483 e. The first-order valence-electron chi connectivity index (χ1n) is 8.35. The minimum absolute atomic E-state index is 0.0412. The summed E-state index contributed by atoms with van der Waals surface area (Å²) >= 11 is 0. The maximum absolute atomic E-state index is 12.3. The number of hydrogen-bond donors (Lipinski definition) is 0. The number of aryl methyl sites for hydroxylation is 1. The molecule has 0 N–H and O–H groups in total. The van der Waals surface area contributed by atoms with E-state index in [1.165, 1.54) is 4.90 Å². The Balaban J connectivity index is 1.58. The normalized spacial score (nSPS) is 10.6. The molecule has 26 heavy (non-hydrogen) atoms. The van der Waals surface area contributed by atoms with Crippen LogP contribution >= 0.6 is 0 Å². The maximum atomic E-state index is 12.3. The molecule has 0 saturated heterocycles. The third-order valence-corrected chi connectivity index (χ3v) is 4.20. The molecule has 2 aromatic carbocycles. The van der Waals surface area contributed by atoms with Gasteiger partial charge < -0.3 is 14.2 Å². The highest BCUT2D eigenvalue weighted by molar-refractivity contribution is 5.77. The molecule has 0 saturated carbocycles. The lowest BCUT2D eigenvalue weighted by Gasteiger charge is -2.16. The van der Waals surface area contributed by atoms with Gasteiger partial charge in [-0.2, -0.15) is 4.98 Å². The van der Waals surface area contributed by atoms with Crippen LogP contribution in [0.2, 0.25) is 0 Å². The molecule has 1 amide bonds. The molecule has 6 nitrogen and oxygen atoms in total. The van der Waals surface area contributed by atoms with Gasteiger partial charge in [0.2, 0.25) is 11.7 Å². The lowest BCUT2D eigenvalue weighted by molar-refractivity contribution is -0.132. The predicted octanol–water partition coefficient (Wildman–Crippen LogP) is 3.39. The van der Waals surface area contributed by atoms with Crippen LogP contribution in [0, 0.1) is 13.8 Å². The van der Waals surface area contributed by atoms with Gasteiger partial charge in [0.1, 0.15) is 5.75 Å². The molecular formula is C20H21N3O3. The van der Waals surface area contributed by atoms with Crippen molar-refractivity contribution in [3.8, 4) is 17.1 Å². The second kappa shape index (κ2) is 7.82. The molecule has 134 valence electrons. The number of nitrogens with zero attached hydrogens (tertiary/aromatic N) is 3. The van der Waals surface area contributed by atoms with Crippen molar-refractivity contribution < 1.29 is 14.1 Å². The molecule has 6 heteroatoms. The quantitative estimate of drug-likeness (QED) is 0.681. The van der Waals surface area contributed by atoms with Crippen molar-refractivity contribution in [3.05, 3.63) is 65.5 Å². The number of hydrogen-bond acceptors (Lipinski definition) is 5.